The van der Waals surface area contributed by atoms with Gasteiger partial charge in [0, 0.05) is 10.6 Å². The SMILES string of the molecule is Cc1ccc(-c2ccccc2OC(F)(F)F)cc1Cl. The minimum Gasteiger partial charge on any atom is -0.405 e. The van der Waals surface area contributed by atoms with Crippen molar-refractivity contribution < 1.29 is 17.9 Å². The Labute approximate surface area is 113 Å². The van der Waals surface area contributed by atoms with E-state index >= 15 is 0 Å². The molecule has 0 fully saturated rings. The van der Waals surface area contributed by atoms with E-state index in [2.05, 4.69) is 4.74 Å². The van der Waals surface area contributed by atoms with E-state index < -0.39 is 6.36 Å². The van der Waals surface area contributed by atoms with Crippen molar-refractivity contribution in [1.29, 1.82) is 0 Å². The maximum atomic E-state index is 12.3. The van der Waals surface area contributed by atoms with Gasteiger partial charge in [0.15, 0.2) is 0 Å². The summed E-state index contributed by atoms with van der Waals surface area (Å²) >= 11 is 5.99. The molecule has 0 aliphatic carbocycles. The van der Waals surface area contributed by atoms with Gasteiger partial charge < -0.3 is 4.74 Å². The van der Waals surface area contributed by atoms with Gasteiger partial charge in [-0.25, -0.2) is 0 Å². The van der Waals surface area contributed by atoms with E-state index in [9.17, 15) is 13.2 Å². The predicted octanol–water partition coefficient (Wildman–Crippen LogP) is 5.21. The predicted molar refractivity (Wildman–Crippen MR) is 68.3 cm³/mol. The fourth-order valence-electron chi connectivity index (χ4n) is 1.68. The lowest BCUT2D eigenvalue weighted by Gasteiger charge is -2.13. The van der Waals surface area contributed by atoms with Crippen LogP contribution in [0.5, 0.6) is 5.75 Å². The van der Waals surface area contributed by atoms with E-state index in [1.54, 1.807) is 30.3 Å². The highest BCUT2D eigenvalue weighted by Gasteiger charge is 2.32. The molecule has 0 N–H and O–H groups in total. The van der Waals surface area contributed by atoms with Crippen molar-refractivity contribution in [3.8, 4) is 16.9 Å². The highest BCUT2D eigenvalue weighted by atomic mass is 35.5. The molecular formula is C14H10ClF3O. The Kier molecular flexibility index (Phi) is 3.71. The molecule has 0 saturated carbocycles. The van der Waals surface area contributed by atoms with E-state index in [0.717, 1.165) is 5.56 Å². The summed E-state index contributed by atoms with van der Waals surface area (Å²) in [5, 5.41) is 0.499. The van der Waals surface area contributed by atoms with E-state index in [1.807, 2.05) is 6.92 Å². The molecule has 2 aromatic carbocycles. The molecule has 5 heteroatoms. The second-order valence-corrected chi connectivity index (χ2v) is 4.42. The molecule has 0 amide bonds. The van der Waals surface area contributed by atoms with Crippen LogP contribution in [-0.2, 0) is 0 Å². The van der Waals surface area contributed by atoms with Crippen LogP contribution < -0.4 is 4.74 Å². The summed E-state index contributed by atoms with van der Waals surface area (Å²) in [5.74, 6) is -0.241. The number of alkyl halides is 3. The standard InChI is InChI=1S/C14H10ClF3O/c1-9-6-7-10(8-12(9)15)11-4-2-3-5-13(11)19-14(16,17)18/h2-8H,1H3. The van der Waals surface area contributed by atoms with E-state index in [1.165, 1.54) is 12.1 Å². The van der Waals surface area contributed by atoms with Gasteiger partial charge in [-0.1, -0.05) is 41.9 Å². The third-order valence-electron chi connectivity index (χ3n) is 2.60. The zero-order valence-electron chi connectivity index (χ0n) is 9.96. The molecule has 0 spiro atoms. The molecule has 0 unspecified atom stereocenters. The normalized spacial score (nSPS) is 11.4. The molecular weight excluding hydrogens is 277 g/mol. The molecule has 0 bridgehead atoms. The first-order valence-electron chi connectivity index (χ1n) is 5.48. The number of benzene rings is 2. The Bertz CT molecular complexity index is 593. The van der Waals surface area contributed by atoms with E-state index in [4.69, 9.17) is 11.6 Å². The number of aryl methyl sites for hydroxylation is 1. The second kappa shape index (κ2) is 5.13. The fraction of sp³-hybridized carbons (Fsp3) is 0.143. The maximum Gasteiger partial charge on any atom is 0.573 e. The average Bonchev–Trinajstić information content (AvgIpc) is 2.31. The van der Waals surface area contributed by atoms with Crippen LogP contribution in [0.3, 0.4) is 0 Å². The smallest absolute Gasteiger partial charge is 0.405 e. The van der Waals surface area contributed by atoms with Crippen molar-refractivity contribution in [2.75, 3.05) is 0 Å². The Hall–Kier alpha value is -1.68. The number of para-hydroxylation sites is 1. The van der Waals surface area contributed by atoms with Crippen LogP contribution in [0.2, 0.25) is 5.02 Å². The van der Waals surface area contributed by atoms with Crippen molar-refractivity contribution in [3.63, 3.8) is 0 Å². The summed E-state index contributed by atoms with van der Waals surface area (Å²) in [4.78, 5) is 0. The molecule has 0 atom stereocenters. The van der Waals surface area contributed by atoms with Gasteiger partial charge in [0.25, 0.3) is 0 Å². The van der Waals surface area contributed by atoms with Crippen LogP contribution in [0.15, 0.2) is 42.5 Å². The minimum absolute atomic E-state index is 0.241. The van der Waals surface area contributed by atoms with Gasteiger partial charge in [-0.2, -0.15) is 0 Å². The molecule has 0 aromatic heterocycles. The van der Waals surface area contributed by atoms with Crippen LogP contribution >= 0.6 is 11.6 Å². The Morgan fingerprint density at radius 2 is 1.74 bits per heavy atom. The number of hydrogen-bond acceptors (Lipinski definition) is 1. The summed E-state index contributed by atoms with van der Waals surface area (Å²) in [7, 11) is 0. The van der Waals surface area contributed by atoms with Crippen LogP contribution in [0.1, 0.15) is 5.56 Å². The minimum atomic E-state index is -4.72. The Morgan fingerprint density at radius 1 is 1.05 bits per heavy atom. The summed E-state index contributed by atoms with van der Waals surface area (Å²) in [6, 6.07) is 11.0. The quantitative estimate of drug-likeness (QED) is 0.736. The van der Waals surface area contributed by atoms with Crippen LogP contribution in [0.4, 0.5) is 13.2 Å². The summed E-state index contributed by atoms with van der Waals surface area (Å²) < 4.78 is 41.0. The maximum absolute atomic E-state index is 12.3. The number of rotatable bonds is 2. The van der Waals surface area contributed by atoms with Crippen molar-refractivity contribution in [2.24, 2.45) is 0 Å². The highest BCUT2D eigenvalue weighted by Crippen LogP contribution is 2.35. The lowest BCUT2D eigenvalue weighted by atomic mass is 10.0. The lowest BCUT2D eigenvalue weighted by molar-refractivity contribution is -0.274. The van der Waals surface area contributed by atoms with Crippen LogP contribution in [-0.4, -0.2) is 6.36 Å². The third kappa shape index (κ3) is 3.41. The molecule has 0 radical (unpaired) electrons. The van der Waals surface area contributed by atoms with Gasteiger partial charge in [0.1, 0.15) is 5.75 Å². The van der Waals surface area contributed by atoms with Crippen LogP contribution in [0, 0.1) is 6.92 Å². The average molecular weight is 287 g/mol. The van der Waals surface area contributed by atoms with Crippen molar-refractivity contribution in [3.05, 3.63) is 53.1 Å². The van der Waals surface area contributed by atoms with E-state index in [-0.39, 0.29) is 5.75 Å². The van der Waals surface area contributed by atoms with Crippen molar-refractivity contribution >= 4 is 11.6 Å². The molecule has 0 aliphatic rings. The first-order valence-corrected chi connectivity index (χ1v) is 5.86. The Morgan fingerprint density at radius 3 is 2.37 bits per heavy atom. The third-order valence-corrected chi connectivity index (χ3v) is 3.00. The second-order valence-electron chi connectivity index (χ2n) is 4.01. The number of ether oxygens (including phenoxy) is 1. The monoisotopic (exact) mass is 286 g/mol. The van der Waals surface area contributed by atoms with Gasteiger partial charge in [-0.3, -0.25) is 0 Å². The molecule has 19 heavy (non-hydrogen) atoms. The summed E-state index contributed by atoms with van der Waals surface area (Å²) in [6.07, 6.45) is -4.72. The summed E-state index contributed by atoms with van der Waals surface area (Å²) in [5.41, 5.74) is 1.79. The molecule has 0 heterocycles. The van der Waals surface area contributed by atoms with Gasteiger partial charge in [-0.15, -0.1) is 13.2 Å². The first-order chi connectivity index (χ1) is 8.87. The molecule has 2 aromatic rings. The number of hydrogen-bond donors (Lipinski definition) is 0. The molecule has 0 saturated heterocycles. The van der Waals surface area contributed by atoms with Gasteiger partial charge in [0.2, 0.25) is 0 Å². The molecule has 100 valence electrons. The zero-order valence-corrected chi connectivity index (χ0v) is 10.7. The van der Waals surface area contributed by atoms with Gasteiger partial charge in [-0.05, 0) is 30.2 Å². The lowest BCUT2D eigenvalue weighted by Crippen LogP contribution is -2.17. The molecule has 1 nitrogen and oxygen atoms in total. The topological polar surface area (TPSA) is 9.23 Å². The highest BCUT2D eigenvalue weighted by molar-refractivity contribution is 6.31. The number of halogens is 4. The first kappa shape index (κ1) is 13.7. The molecule has 0 aliphatic heterocycles. The van der Waals surface area contributed by atoms with E-state index in [0.29, 0.717) is 16.1 Å². The zero-order chi connectivity index (χ0) is 14.0. The van der Waals surface area contributed by atoms with Crippen molar-refractivity contribution in [2.45, 2.75) is 13.3 Å². The van der Waals surface area contributed by atoms with Gasteiger partial charge in [0.05, 0.1) is 0 Å². The Balaban J connectivity index is 2.47. The fourth-order valence-corrected chi connectivity index (χ4v) is 1.86. The van der Waals surface area contributed by atoms with Gasteiger partial charge >= 0.3 is 6.36 Å². The van der Waals surface area contributed by atoms with Crippen LogP contribution in [0.25, 0.3) is 11.1 Å². The summed E-state index contributed by atoms with van der Waals surface area (Å²) in [6.45, 7) is 1.82. The molecule has 2 rings (SSSR count). The largest absolute Gasteiger partial charge is 0.573 e. The van der Waals surface area contributed by atoms with Crippen molar-refractivity contribution in [1.82, 2.24) is 0 Å².